The zero-order chi connectivity index (χ0) is 12.9. The Balaban J connectivity index is 2.76. The summed E-state index contributed by atoms with van der Waals surface area (Å²) < 4.78 is 0. The van der Waals surface area contributed by atoms with Crippen molar-refractivity contribution in [1.82, 2.24) is 4.98 Å². The fourth-order valence-corrected chi connectivity index (χ4v) is 1.57. The van der Waals surface area contributed by atoms with E-state index in [2.05, 4.69) is 31.1 Å². The Hall–Kier alpha value is -1.60. The fraction of sp³-hybridized carbons (Fsp3) is 0.538. The van der Waals surface area contributed by atoms with Crippen LogP contribution in [0.2, 0.25) is 0 Å². The minimum Gasteiger partial charge on any atom is -0.396 e. The lowest BCUT2D eigenvalue weighted by molar-refractivity contribution is 0.235. The molecule has 0 bridgehead atoms. The minimum absolute atomic E-state index is 0.0400. The molecular formula is C13H19N3O. The van der Waals surface area contributed by atoms with Gasteiger partial charge in [-0.1, -0.05) is 20.8 Å². The van der Waals surface area contributed by atoms with Gasteiger partial charge in [0.1, 0.15) is 11.9 Å². The molecule has 0 spiro atoms. The zero-order valence-corrected chi connectivity index (χ0v) is 10.6. The van der Waals surface area contributed by atoms with Crippen LogP contribution >= 0.6 is 0 Å². The van der Waals surface area contributed by atoms with Crippen molar-refractivity contribution in [3.63, 3.8) is 0 Å². The number of aliphatic hydroxyl groups is 1. The first-order valence-electron chi connectivity index (χ1n) is 5.71. The van der Waals surface area contributed by atoms with Crippen molar-refractivity contribution >= 4 is 5.82 Å². The van der Waals surface area contributed by atoms with Crippen LogP contribution in [0.15, 0.2) is 18.3 Å². The van der Waals surface area contributed by atoms with Crippen molar-refractivity contribution in [2.24, 2.45) is 5.41 Å². The van der Waals surface area contributed by atoms with Crippen LogP contribution < -0.4 is 5.32 Å². The highest BCUT2D eigenvalue weighted by molar-refractivity contribution is 5.40. The third-order valence-corrected chi connectivity index (χ3v) is 2.68. The number of nitrogens with zero attached hydrogens (tertiary/aromatic N) is 2. The van der Waals surface area contributed by atoms with E-state index in [0.717, 1.165) is 5.82 Å². The molecule has 4 nitrogen and oxygen atoms in total. The van der Waals surface area contributed by atoms with Gasteiger partial charge in [0.05, 0.1) is 5.56 Å². The SMILES string of the molecule is CC(C)(C)C(CCO)Nc1ccc(C#N)cn1. The summed E-state index contributed by atoms with van der Waals surface area (Å²) in [4.78, 5) is 4.17. The van der Waals surface area contributed by atoms with Gasteiger partial charge in [0, 0.05) is 18.8 Å². The molecular weight excluding hydrogens is 214 g/mol. The first kappa shape index (κ1) is 13.5. The van der Waals surface area contributed by atoms with Gasteiger partial charge >= 0.3 is 0 Å². The molecule has 0 aliphatic heterocycles. The van der Waals surface area contributed by atoms with Gasteiger partial charge in [-0.3, -0.25) is 0 Å². The summed E-state index contributed by atoms with van der Waals surface area (Å²) in [5.41, 5.74) is 0.586. The number of hydrogen-bond acceptors (Lipinski definition) is 4. The molecule has 0 saturated carbocycles. The largest absolute Gasteiger partial charge is 0.396 e. The van der Waals surface area contributed by atoms with Crippen LogP contribution in [0.5, 0.6) is 0 Å². The maximum Gasteiger partial charge on any atom is 0.126 e. The van der Waals surface area contributed by atoms with E-state index in [4.69, 9.17) is 10.4 Å². The highest BCUT2D eigenvalue weighted by Crippen LogP contribution is 2.24. The van der Waals surface area contributed by atoms with Crippen molar-refractivity contribution in [2.45, 2.75) is 33.2 Å². The molecule has 1 unspecified atom stereocenters. The number of aliphatic hydroxyl groups excluding tert-OH is 1. The average Bonchev–Trinajstić information content (AvgIpc) is 2.28. The summed E-state index contributed by atoms with van der Waals surface area (Å²) in [6.45, 7) is 6.49. The molecule has 2 N–H and O–H groups in total. The van der Waals surface area contributed by atoms with Gasteiger partial charge in [-0.25, -0.2) is 4.98 Å². The van der Waals surface area contributed by atoms with Crippen LogP contribution in [0, 0.1) is 16.7 Å². The van der Waals surface area contributed by atoms with E-state index in [-0.39, 0.29) is 18.1 Å². The third kappa shape index (κ3) is 4.04. The molecule has 92 valence electrons. The second kappa shape index (κ2) is 5.65. The standard InChI is InChI=1S/C13H19N3O/c1-13(2,3)11(6-7-17)16-12-5-4-10(8-14)9-15-12/h4-5,9,11,17H,6-7H2,1-3H3,(H,15,16). The van der Waals surface area contributed by atoms with E-state index in [0.29, 0.717) is 12.0 Å². The van der Waals surface area contributed by atoms with Crippen molar-refractivity contribution < 1.29 is 5.11 Å². The summed E-state index contributed by atoms with van der Waals surface area (Å²) in [6, 6.07) is 5.70. The van der Waals surface area contributed by atoms with Gasteiger partial charge in [0.2, 0.25) is 0 Å². The lowest BCUT2D eigenvalue weighted by atomic mass is 9.85. The number of pyridine rings is 1. The third-order valence-electron chi connectivity index (χ3n) is 2.68. The van der Waals surface area contributed by atoms with Gasteiger partial charge in [-0.15, -0.1) is 0 Å². The summed E-state index contributed by atoms with van der Waals surface area (Å²) in [5, 5.41) is 21.0. The minimum atomic E-state index is 0.0400. The number of aromatic nitrogens is 1. The predicted octanol–water partition coefficient (Wildman–Crippen LogP) is 2.16. The molecule has 1 atom stereocenters. The first-order valence-corrected chi connectivity index (χ1v) is 5.71. The van der Waals surface area contributed by atoms with Crippen molar-refractivity contribution in [2.75, 3.05) is 11.9 Å². The molecule has 1 rings (SSSR count). The lowest BCUT2D eigenvalue weighted by Gasteiger charge is -2.31. The maximum absolute atomic E-state index is 9.06. The topological polar surface area (TPSA) is 68.9 Å². The van der Waals surface area contributed by atoms with Crippen molar-refractivity contribution in [1.29, 1.82) is 5.26 Å². The average molecular weight is 233 g/mol. The van der Waals surface area contributed by atoms with Gasteiger partial charge in [0.25, 0.3) is 0 Å². The number of hydrogen-bond donors (Lipinski definition) is 2. The van der Waals surface area contributed by atoms with Gasteiger partial charge in [-0.2, -0.15) is 5.26 Å². The quantitative estimate of drug-likeness (QED) is 0.836. The second-order valence-corrected chi connectivity index (χ2v) is 5.12. The Morgan fingerprint density at radius 1 is 1.47 bits per heavy atom. The number of nitrogens with one attached hydrogen (secondary N) is 1. The second-order valence-electron chi connectivity index (χ2n) is 5.12. The van der Waals surface area contributed by atoms with E-state index < -0.39 is 0 Å². The highest BCUT2D eigenvalue weighted by Gasteiger charge is 2.24. The Morgan fingerprint density at radius 2 is 2.18 bits per heavy atom. The first-order chi connectivity index (χ1) is 7.97. The zero-order valence-electron chi connectivity index (χ0n) is 10.6. The molecule has 4 heteroatoms. The molecule has 0 aliphatic rings. The Bertz CT molecular complexity index is 387. The van der Waals surface area contributed by atoms with Gasteiger partial charge < -0.3 is 10.4 Å². The summed E-state index contributed by atoms with van der Waals surface area (Å²) in [5.74, 6) is 0.734. The lowest BCUT2D eigenvalue weighted by Crippen LogP contribution is -2.35. The molecule has 1 heterocycles. The highest BCUT2D eigenvalue weighted by atomic mass is 16.3. The van der Waals surface area contributed by atoms with Crippen LogP contribution in [0.25, 0.3) is 0 Å². The van der Waals surface area contributed by atoms with E-state index in [9.17, 15) is 0 Å². The van der Waals surface area contributed by atoms with Gasteiger partial charge in [-0.05, 0) is 24.0 Å². The molecule has 1 aromatic rings. The molecule has 0 radical (unpaired) electrons. The van der Waals surface area contributed by atoms with Crippen LogP contribution in [0.4, 0.5) is 5.82 Å². The maximum atomic E-state index is 9.06. The van der Waals surface area contributed by atoms with Crippen LogP contribution in [0.3, 0.4) is 0 Å². The van der Waals surface area contributed by atoms with E-state index in [1.54, 1.807) is 18.3 Å². The van der Waals surface area contributed by atoms with Crippen LogP contribution in [0.1, 0.15) is 32.8 Å². The number of anilines is 1. The van der Waals surface area contributed by atoms with Crippen molar-refractivity contribution in [3.05, 3.63) is 23.9 Å². The Kier molecular flexibility index (Phi) is 4.47. The summed E-state index contributed by atoms with van der Waals surface area (Å²) in [6.07, 6.45) is 2.21. The Morgan fingerprint density at radius 3 is 2.59 bits per heavy atom. The van der Waals surface area contributed by atoms with E-state index in [1.165, 1.54) is 0 Å². The van der Waals surface area contributed by atoms with E-state index >= 15 is 0 Å². The monoisotopic (exact) mass is 233 g/mol. The molecule has 1 aromatic heterocycles. The van der Waals surface area contributed by atoms with Crippen LogP contribution in [-0.4, -0.2) is 22.7 Å². The smallest absolute Gasteiger partial charge is 0.126 e. The van der Waals surface area contributed by atoms with Crippen LogP contribution in [-0.2, 0) is 0 Å². The number of nitriles is 1. The molecule has 17 heavy (non-hydrogen) atoms. The predicted molar refractivity (Wildman–Crippen MR) is 67.5 cm³/mol. The fourth-order valence-electron chi connectivity index (χ4n) is 1.57. The van der Waals surface area contributed by atoms with E-state index in [1.807, 2.05) is 6.07 Å². The molecule has 0 aliphatic carbocycles. The van der Waals surface area contributed by atoms with Gasteiger partial charge in [0.15, 0.2) is 0 Å². The Labute approximate surface area is 102 Å². The molecule has 0 amide bonds. The summed E-state index contributed by atoms with van der Waals surface area (Å²) >= 11 is 0. The molecule has 0 aromatic carbocycles. The molecule has 0 fully saturated rings. The number of rotatable bonds is 4. The normalized spacial score (nSPS) is 12.9. The van der Waals surface area contributed by atoms with Crippen molar-refractivity contribution in [3.8, 4) is 6.07 Å². The molecule has 0 saturated heterocycles. The summed E-state index contributed by atoms with van der Waals surface area (Å²) in [7, 11) is 0.